The smallest absolute Gasteiger partial charge is 0.295 e. The van der Waals surface area contributed by atoms with Gasteiger partial charge in [0.05, 0.1) is 32.9 Å². The van der Waals surface area contributed by atoms with Crippen LogP contribution in [0.1, 0.15) is 62.3 Å². The van der Waals surface area contributed by atoms with Gasteiger partial charge in [-0.2, -0.15) is 0 Å². The molecule has 2 aromatic rings. The highest BCUT2D eigenvalue weighted by atomic mass is 16.5. The van der Waals surface area contributed by atoms with Crippen LogP contribution in [0.2, 0.25) is 0 Å². The Morgan fingerprint density at radius 3 is 2.21 bits per heavy atom. The van der Waals surface area contributed by atoms with Crippen LogP contribution < -0.4 is 14.2 Å². The third-order valence-corrected chi connectivity index (χ3v) is 6.14. The zero-order chi connectivity index (χ0) is 25.0. The van der Waals surface area contributed by atoms with Gasteiger partial charge < -0.3 is 24.2 Å². The van der Waals surface area contributed by atoms with Gasteiger partial charge in [-0.25, -0.2) is 0 Å². The Morgan fingerprint density at radius 1 is 0.971 bits per heavy atom. The normalized spacial score (nSPS) is 17.4. The van der Waals surface area contributed by atoms with Gasteiger partial charge >= 0.3 is 0 Å². The first-order valence-electron chi connectivity index (χ1n) is 11.5. The lowest BCUT2D eigenvalue weighted by Crippen LogP contribution is -2.30. The number of benzene rings is 2. The highest BCUT2D eigenvalue weighted by Gasteiger charge is 2.46. The lowest BCUT2D eigenvalue weighted by molar-refractivity contribution is -0.139. The van der Waals surface area contributed by atoms with E-state index in [-0.39, 0.29) is 17.3 Å². The maximum atomic E-state index is 13.2. The van der Waals surface area contributed by atoms with Crippen molar-refractivity contribution in [3.8, 4) is 17.2 Å². The van der Waals surface area contributed by atoms with Gasteiger partial charge in [0.25, 0.3) is 11.7 Å². The predicted octanol–water partition coefficient (Wildman–Crippen LogP) is 5.06. The van der Waals surface area contributed by atoms with Crippen molar-refractivity contribution in [2.24, 2.45) is 0 Å². The van der Waals surface area contributed by atoms with Crippen molar-refractivity contribution >= 4 is 17.4 Å². The first-order chi connectivity index (χ1) is 16.3. The first-order valence-corrected chi connectivity index (χ1v) is 11.5. The number of hydrogen-bond acceptors (Lipinski definition) is 6. The highest BCUT2D eigenvalue weighted by molar-refractivity contribution is 6.46. The third kappa shape index (κ3) is 4.60. The predicted molar refractivity (Wildman–Crippen MR) is 131 cm³/mol. The SMILES string of the molecule is CCCCN1C(=O)C(=O)/C(=C(/O)c2ccc(OC)c(C(C)C)c2)C1c1ccc(OC)c(OC)c1. The van der Waals surface area contributed by atoms with Crippen LogP contribution in [0.25, 0.3) is 5.76 Å². The molecule has 0 spiro atoms. The molecule has 0 aromatic heterocycles. The number of aliphatic hydroxyl groups is 1. The Kier molecular flexibility index (Phi) is 7.87. The highest BCUT2D eigenvalue weighted by Crippen LogP contribution is 2.42. The molecule has 34 heavy (non-hydrogen) atoms. The van der Waals surface area contributed by atoms with Crippen LogP contribution in [-0.2, 0) is 9.59 Å². The van der Waals surface area contributed by atoms with Crippen molar-refractivity contribution in [3.05, 3.63) is 58.7 Å². The molecule has 1 heterocycles. The van der Waals surface area contributed by atoms with E-state index in [9.17, 15) is 14.7 Å². The fraction of sp³-hybridized carbons (Fsp3) is 0.407. The number of rotatable bonds is 9. The van der Waals surface area contributed by atoms with Gasteiger partial charge in [-0.3, -0.25) is 9.59 Å². The van der Waals surface area contributed by atoms with Gasteiger partial charge in [0.15, 0.2) is 11.5 Å². The van der Waals surface area contributed by atoms with E-state index in [0.29, 0.717) is 34.9 Å². The molecule has 7 nitrogen and oxygen atoms in total. The van der Waals surface area contributed by atoms with Crippen molar-refractivity contribution in [1.82, 2.24) is 4.90 Å². The Bertz CT molecular complexity index is 1100. The van der Waals surface area contributed by atoms with Crippen molar-refractivity contribution in [2.45, 2.75) is 45.6 Å². The second kappa shape index (κ2) is 10.6. The summed E-state index contributed by atoms with van der Waals surface area (Å²) in [5.41, 5.74) is 2.08. The number of carbonyl (C=O) groups is 2. The molecule has 1 amide bonds. The number of hydrogen-bond donors (Lipinski definition) is 1. The summed E-state index contributed by atoms with van der Waals surface area (Å²) < 4.78 is 16.2. The molecule has 182 valence electrons. The summed E-state index contributed by atoms with van der Waals surface area (Å²) in [5.74, 6) is 0.327. The molecule has 3 rings (SSSR count). The second-order valence-corrected chi connectivity index (χ2v) is 8.57. The lowest BCUT2D eigenvalue weighted by atomic mass is 9.93. The molecule has 0 aliphatic carbocycles. The number of amides is 1. The topological polar surface area (TPSA) is 85.3 Å². The zero-order valence-corrected chi connectivity index (χ0v) is 20.7. The van der Waals surface area contributed by atoms with Gasteiger partial charge in [-0.15, -0.1) is 0 Å². The molecular weight excluding hydrogens is 434 g/mol. The number of likely N-dealkylation sites (tertiary alicyclic amines) is 1. The van der Waals surface area contributed by atoms with Gasteiger partial charge in [0, 0.05) is 12.1 Å². The van der Waals surface area contributed by atoms with Crippen LogP contribution >= 0.6 is 0 Å². The molecule has 0 radical (unpaired) electrons. The number of methoxy groups -OCH3 is 3. The summed E-state index contributed by atoms with van der Waals surface area (Å²) in [6.07, 6.45) is 1.59. The van der Waals surface area contributed by atoms with Gasteiger partial charge in [-0.1, -0.05) is 33.3 Å². The number of carbonyl (C=O) groups excluding carboxylic acids is 2. The number of unbranched alkanes of at least 4 members (excludes halogenated alkanes) is 1. The van der Waals surface area contributed by atoms with E-state index in [1.165, 1.54) is 12.0 Å². The van der Waals surface area contributed by atoms with Crippen LogP contribution in [0.4, 0.5) is 0 Å². The average Bonchev–Trinajstić information content (AvgIpc) is 3.10. The summed E-state index contributed by atoms with van der Waals surface area (Å²) in [6, 6.07) is 9.81. The van der Waals surface area contributed by atoms with Crippen molar-refractivity contribution in [1.29, 1.82) is 0 Å². The first kappa shape index (κ1) is 25.1. The van der Waals surface area contributed by atoms with Gasteiger partial charge in [-0.05, 0) is 53.8 Å². The maximum Gasteiger partial charge on any atom is 0.295 e. The number of ether oxygens (including phenoxy) is 3. The molecule has 0 bridgehead atoms. The molecular formula is C27H33NO6. The summed E-state index contributed by atoms with van der Waals surface area (Å²) in [6.45, 7) is 6.47. The Morgan fingerprint density at radius 2 is 1.62 bits per heavy atom. The van der Waals surface area contributed by atoms with E-state index >= 15 is 0 Å². The van der Waals surface area contributed by atoms with E-state index < -0.39 is 17.7 Å². The van der Waals surface area contributed by atoms with E-state index in [1.807, 2.05) is 26.8 Å². The third-order valence-electron chi connectivity index (χ3n) is 6.14. The minimum atomic E-state index is -0.740. The van der Waals surface area contributed by atoms with Crippen molar-refractivity contribution in [2.75, 3.05) is 27.9 Å². The summed E-state index contributed by atoms with van der Waals surface area (Å²) in [7, 11) is 4.67. The minimum absolute atomic E-state index is 0.0631. The number of nitrogens with zero attached hydrogens (tertiary/aromatic N) is 1. The Labute approximate surface area is 200 Å². The largest absolute Gasteiger partial charge is 0.507 e. The molecule has 1 aliphatic heterocycles. The molecule has 1 unspecified atom stereocenters. The minimum Gasteiger partial charge on any atom is -0.507 e. The number of aliphatic hydroxyl groups excluding tert-OH is 1. The summed E-state index contributed by atoms with van der Waals surface area (Å²) in [5, 5.41) is 11.4. The molecule has 1 saturated heterocycles. The van der Waals surface area contributed by atoms with E-state index in [2.05, 4.69) is 0 Å². The second-order valence-electron chi connectivity index (χ2n) is 8.57. The molecule has 1 N–H and O–H groups in total. The number of Topliss-reactive ketones (excluding diaryl/α,β-unsaturated/α-hetero) is 1. The monoisotopic (exact) mass is 467 g/mol. The van der Waals surface area contributed by atoms with Gasteiger partial charge in [0.2, 0.25) is 0 Å². The van der Waals surface area contributed by atoms with E-state index in [4.69, 9.17) is 14.2 Å². The fourth-order valence-corrected chi connectivity index (χ4v) is 4.30. The van der Waals surface area contributed by atoms with Crippen LogP contribution in [0, 0.1) is 0 Å². The quantitative estimate of drug-likeness (QED) is 0.315. The lowest BCUT2D eigenvalue weighted by Gasteiger charge is -2.26. The van der Waals surface area contributed by atoms with Crippen molar-refractivity contribution < 1.29 is 28.9 Å². The average molecular weight is 468 g/mol. The molecule has 2 aromatic carbocycles. The summed E-state index contributed by atoms with van der Waals surface area (Å²) >= 11 is 0. The number of ketones is 1. The van der Waals surface area contributed by atoms with E-state index in [0.717, 1.165) is 18.4 Å². The van der Waals surface area contributed by atoms with Crippen LogP contribution in [0.15, 0.2) is 42.0 Å². The Hall–Kier alpha value is -3.48. The van der Waals surface area contributed by atoms with Gasteiger partial charge in [0.1, 0.15) is 11.5 Å². The molecule has 7 heteroatoms. The standard InChI is InChI=1S/C27H33NO6/c1-7-8-13-28-24(17-9-12-21(33-5)22(15-17)34-6)23(26(30)27(28)31)25(29)18-10-11-20(32-4)19(14-18)16(2)3/h9-12,14-16,24,29H,7-8,13H2,1-6H3/b25-23+. The Balaban J connectivity index is 2.22. The maximum absolute atomic E-state index is 13.2. The van der Waals surface area contributed by atoms with Crippen LogP contribution in [-0.4, -0.2) is 49.6 Å². The molecule has 1 aliphatic rings. The fourth-order valence-electron chi connectivity index (χ4n) is 4.30. The molecule has 1 fully saturated rings. The van der Waals surface area contributed by atoms with Crippen LogP contribution in [0.5, 0.6) is 17.2 Å². The molecule has 0 saturated carbocycles. The van der Waals surface area contributed by atoms with Crippen molar-refractivity contribution in [3.63, 3.8) is 0 Å². The summed E-state index contributed by atoms with van der Waals surface area (Å²) in [4.78, 5) is 27.8. The van der Waals surface area contributed by atoms with E-state index in [1.54, 1.807) is 44.6 Å². The van der Waals surface area contributed by atoms with Crippen LogP contribution in [0.3, 0.4) is 0 Å². The molecule has 1 atom stereocenters. The zero-order valence-electron chi connectivity index (χ0n) is 20.7.